The van der Waals surface area contributed by atoms with E-state index in [-0.39, 0.29) is 15.7 Å². The molecule has 0 saturated heterocycles. The molecule has 1 aromatic carbocycles. The Kier molecular flexibility index (Phi) is 3.97. The van der Waals surface area contributed by atoms with Gasteiger partial charge in [-0.1, -0.05) is 62.2 Å². The minimum absolute atomic E-state index is 0.0344. The molecule has 0 radical (unpaired) electrons. The average molecular weight is 297 g/mol. The van der Waals surface area contributed by atoms with Gasteiger partial charge in [-0.15, -0.1) is 10.2 Å². The van der Waals surface area contributed by atoms with Crippen LogP contribution >= 0.6 is 23.2 Å². The second-order valence-corrected chi connectivity index (χ2v) is 5.92. The van der Waals surface area contributed by atoms with Gasteiger partial charge >= 0.3 is 0 Å². The topological polar surface area (TPSA) is 35.0 Å². The fraction of sp³-hybridized carbons (Fsp3) is 0.286. The van der Waals surface area contributed by atoms with Crippen LogP contribution < -0.4 is 4.74 Å². The highest BCUT2D eigenvalue weighted by atomic mass is 35.5. The van der Waals surface area contributed by atoms with Crippen molar-refractivity contribution in [1.29, 1.82) is 0 Å². The van der Waals surface area contributed by atoms with Gasteiger partial charge in [0.15, 0.2) is 16.1 Å². The van der Waals surface area contributed by atoms with Gasteiger partial charge in [-0.05, 0) is 11.5 Å². The molecule has 0 spiro atoms. The highest BCUT2D eigenvalue weighted by molar-refractivity contribution is 6.32. The van der Waals surface area contributed by atoms with Crippen LogP contribution in [0.1, 0.15) is 26.3 Å². The quantitative estimate of drug-likeness (QED) is 0.793. The molecular formula is C14H14Cl2N2O. The van der Waals surface area contributed by atoms with E-state index < -0.39 is 0 Å². The van der Waals surface area contributed by atoms with E-state index in [1.807, 2.05) is 24.3 Å². The minimum atomic E-state index is -0.0344. The maximum absolute atomic E-state index is 5.96. The first-order valence-electron chi connectivity index (χ1n) is 5.84. The van der Waals surface area contributed by atoms with Crippen molar-refractivity contribution in [1.82, 2.24) is 10.2 Å². The lowest BCUT2D eigenvalue weighted by atomic mass is 9.86. The zero-order valence-corrected chi connectivity index (χ0v) is 12.5. The third-order valence-corrected chi connectivity index (χ3v) is 3.05. The number of benzene rings is 1. The molecule has 19 heavy (non-hydrogen) atoms. The van der Waals surface area contributed by atoms with Crippen molar-refractivity contribution in [2.45, 2.75) is 26.2 Å². The number of ether oxygens (including phenoxy) is 1. The van der Waals surface area contributed by atoms with Gasteiger partial charge in [0.25, 0.3) is 0 Å². The maximum atomic E-state index is 5.96. The molecule has 0 aliphatic rings. The van der Waals surface area contributed by atoms with Crippen molar-refractivity contribution in [3.63, 3.8) is 0 Å². The first-order valence-corrected chi connectivity index (χ1v) is 6.59. The number of halogens is 2. The molecule has 0 atom stereocenters. The summed E-state index contributed by atoms with van der Waals surface area (Å²) in [6, 6.07) is 9.36. The van der Waals surface area contributed by atoms with Gasteiger partial charge in [-0.2, -0.15) is 0 Å². The van der Waals surface area contributed by atoms with E-state index in [2.05, 4.69) is 31.0 Å². The van der Waals surface area contributed by atoms with Gasteiger partial charge in [0.1, 0.15) is 5.75 Å². The van der Waals surface area contributed by atoms with Crippen LogP contribution in [0.3, 0.4) is 0 Å². The standard InChI is InChI=1S/C14H14Cl2N2O/c1-14(2,3)9-6-4-5-7-10(9)19-11-8-12(15)17-18-13(11)16/h4-8H,1-3H3. The van der Waals surface area contributed by atoms with Crippen molar-refractivity contribution in [2.75, 3.05) is 0 Å². The summed E-state index contributed by atoms with van der Waals surface area (Å²) in [4.78, 5) is 0. The van der Waals surface area contributed by atoms with E-state index in [0.29, 0.717) is 5.75 Å². The zero-order valence-electron chi connectivity index (χ0n) is 10.9. The Morgan fingerprint density at radius 2 is 1.68 bits per heavy atom. The van der Waals surface area contributed by atoms with Gasteiger partial charge in [-0.25, -0.2) is 0 Å². The molecule has 0 aliphatic heterocycles. The maximum Gasteiger partial charge on any atom is 0.194 e. The largest absolute Gasteiger partial charge is 0.454 e. The number of hydrogen-bond acceptors (Lipinski definition) is 3. The van der Waals surface area contributed by atoms with E-state index >= 15 is 0 Å². The third-order valence-electron chi connectivity index (χ3n) is 2.60. The second-order valence-electron chi connectivity index (χ2n) is 5.17. The molecule has 0 N–H and O–H groups in total. The Hall–Kier alpha value is -1.32. The molecule has 2 rings (SSSR count). The summed E-state index contributed by atoms with van der Waals surface area (Å²) in [5.41, 5.74) is 1.05. The van der Waals surface area contributed by atoms with Gasteiger partial charge in [0.2, 0.25) is 0 Å². The Morgan fingerprint density at radius 3 is 2.37 bits per heavy atom. The van der Waals surface area contributed by atoms with Crippen molar-refractivity contribution < 1.29 is 4.74 Å². The summed E-state index contributed by atoms with van der Waals surface area (Å²) >= 11 is 11.8. The second kappa shape index (κ2) is 5.35. The predicted molar refractivity (Wildman–Crippen MR) is 77.3 cm³/mol. The van der Waals surface area contributed by atoms with Gasteiger partial charge in [-0.3, -0.25) is 0 Å². The van der Waals surface area contributed by atoms with E-state index in [1.54, 1.807) is 6.07 Å². The van der Waals surface area contributed by atoms with E-state index in [9.17, 15) is 0 Å². The van der Waals surface area contributed by atoms with Crippen LogP contribution in [-0.2, 0) is 5.41 Å². The first-order chi connectivity index (χ1) is 8.88. The van der Waals surface area contributed by atoms with Crippen LogP contribution in [0.4, 0.5) is 0 Å². The van der Waals surface area contributed by atoms with Crippen LogP contribution in [-0.4, -0.2) is 10.2 Å². The molecule has 1 heterocycles. The Bertz CT molecular complexity index is 594. The van der Waals surface area contributed by atoms with Crippen molar-refractivity contribution in [2.24, 2.45) is 0 Å². The Labute approximate surface area is 122 Å². The lowest BCUT2D eigenvalue weighted by Gasteiger charge is -2.22. The van der Waals surface area contributed by atoms with Crippen molar-refractivity contribution >= 4 is 23.2 Å². The monoisotopic (exact) mass is 296 g/mol. The van der Waals surface area contributed by atoms with Crippen LogP contribution in [0.15, 0.2) is 30.3 Å². The fourth-order valence-corrected chi connectivity index (χ4v) is 1.97. The van der Waals surface area contributed by atoms with Crippen molar-refractivity contribution in [3.8, 4) is 11.5 Å². The lowest BCUT2D eigenvalue weighted by molar-refractivity contribution is 0.452. The summed E-state index contributed by atoms with van der Waals surface area (Å²) in [7, 11) is 0. The molecule has 0 saturated carbocycles. The highest BCUT2D eigenvalue weighted by Gasteiger charge is 2.19. The Morgan fingerprint density at radius 1 is 1.00 bits per heavy atom. The molecule has 100 valence electrons. The van der Waals surface area contributed by atoms with Gasteiger partial charge in [0, 0.05) is 11.6 Å². The molecule has 0 aliphatic carbocycles. The molecule has 0 unspecified atom stereocenters. The molecule has 3 nitrogen and oxygen atoms in total. The summed E-state index contributed by atoms with van der Waals surface area (Å²) in [5, 5.41) is 7.81. The van der Waals surface area contributed by atoms with Crippen LogP contribution in [0.2, 0.25) is 10.3 Å². The van der Waals surface area contributed by atoms with E-state index in [0.717, 1.165) is 11.3 Å². The van der Waals surface area contributed by atoms with Crippen molar-refractivity contribution in [3.05, 3.63) is 46.2 Å². The summed E-state index contributed by atoms with van der Waals surface area (Å²) in [5.74, 6) is 1.14. The fourth-order valence-electron chi connectivity index (χ4n) is 1.70. The number of para-hydroxylation sites is 1. The SMILES string of the molecule is CC(C)(C)c1ccccc1Oc1cc(Cl)nnc1Cl. The zero-order chi connectivity index (χ0) is 14.0. The van der Waals surface area contributed by atoms with E-state index in [1.165, 1.54) is 0 Å². The summed E-state index contributed by atoms with van der Waals surface area (Å²) < 4.78 is 5.83. The smallest absolute Gasteiger partial charge is 0.194 e. The highest BCUT2D eigenvalue weighted by Crippen LogP contribution is 2.36. The molecule has 0 fully saturated rings. The molecule has 0 bridgehead atoms. The van der Waals surface area contributed by atoms with Crippen LogP contribution in [0.25, 0.3) is 0 Å². The number of hydrogen-bond donors (Lipinski definition) is 0. The summed E-state index contributed by atoms with van der Waals surface area (Å²) in [6.07, 6.45) is 0. The number of rotatable bonds is 2. The van der Waals surface area contributed by atoms with Gasteiger partial charge in [0.05, 0.1) is 0 Å². The minimum Gasteiger partial charge on any atom is -0.454 e. The lowest BCUT2D eigenvalue weighted by Crippen LogP contribution is -2.12. The normalized spacial score (nSPS) is 11.4. The Balaban J connectivity index is 2.41. The van der Waals surface area contributed by atoms with Crippen LogP contribution in [0.5, 0.6) is 11.5 Å². The van der Waals surface area contributed by atoms with Gasteiger partial charge < -0.3 is 4.74 Å². The summed E-state index contributed by atoms with van der Waals surface area (Å²) in [6.45, 7) is 6.36. The molecule has 0 amide bonds. The first kappa shape index (κ1) is 14.1. The average Bonchev–Trinajstić information content (AvgIpc) is 2.33. The van der Waals surface area contributed by atoms with Crippen LogP contribution in [0, 0.1) is 0 Å². The predicted octanol–water partition coefficient (Wildman–Crippen LogP) is 4.87. The van der Waals surface area contributed by atoms with E-state index in [4.69, 9.17) is 27.9 Å². The third kappa shape index (κ3) is 3.37. The number of nitrogens with zero attached hydrogens (tertiary/aromatic N) is 2. The molecular weight excluding hydrogens is 283 g/mol. The number of aromatic nitrogens is 2. The molecule has 2 aromatic rings. The molecule has 5 heteroatoms. The molecule has 1 aromatic heterocycles.